The lowest BCUT2D eigenvalue weighted by atomic mass is 10.0. The number of hydrogen-bond acceptors (Lipinski definition) is 1. The molecular weight excluding hydrogens is 216 g/mol. The molecule has 1 atom stereocenters. The molecule has 0 unspecified atom stereocenters. The molecule has 0 bridgehead atoms. The highest BCUT2D eigenvalue weighted by Crippen LogP contribution is 2.26. The van der Waals surface area contributed by atoms with E-state index in [1.165, 1.54) is 0 Å². The molecule has 0 heterocycles. The molecule has 16 heavy (non-hydrogen) atoms. The van der Waals surface area contributed by atoms with Crippen LogP contribution in [-0.4, -0.2) is 10.5 Å². The second-order valence-corrected chi connectivity index (χ2v) is 5.17. The van der Waals surface area contributed by atoms with Crippen LogP contribution in [0.1, 0.15) is 16.4 Å². The maximum atomic E-state index is 11.9. The Bertz CT molecular complexity index is 425. The summed E-state index contributed by atoms with van der Waals surface area (Å²) in [5, 5.41) is -0.0256. The van der Waals surface area contributed by atoms with Crippen molar-refractivity contribution in [2.45, 2.75) is 5.25 Å². The molecule has 0 spiro atoms. The monoisotopic (exact) mass is 230 g/mol. The predicted molar refractivity (Wildman–Crippen MR) is 68.8 cm³/mol. The minimum atomic E-state index is -0.905. The Balaban J connectivity index is 2.44. The van der Waals surface area contributed by atoms with Gasteiger partial charge in [-0.05, 0) is 11.1 Å². The first-order valence-corrected chi connectivity index (χ1v) is 6.83. The van der Waals surface area contributed by atoms with Crippen LogP contribution in [0.15, 0.2) is 60.7 Å². The van der Waals surface area contributed by atoms with Crippen molar-refractivity contribution in [2.24, 2.45) is 0 Å². The second-order valence-electron chi connectivity index (χ2n) is 3.70. The fraction of sp³-hybridized carbons (Fsp3) is 0.143. The molecule has 0 saturated carbocycles. The van der Waals surface area contributed by atoms with Gasteiger partial charge in [0.1, 0.15) is 0 Å². The van der Waals surface area contributed by atoms with E-state index in [2.05, 4.69) is 0 Å². The average molecular weight is 230 g/mol. The van der Waals surface area contributed by atoms with Gasteiger partial charge >= 0.3 is 0 Å². The Morgan fingerprint density at radius 3 is 1.50 bits per heavy atom. The van der Waals surface area contributed by atoms with Crippen molar-refractivity contribution in [3.63, 3.8) is 0 Å². The standard InChI is InChI=1S/C14H14OS/c1-16(15)14(12-8-4-2-5-9-12)13-10-6-3-7-11-13/h2-11,14H,1H3/t16-/m0/s1. The zero-order valence-corrected chi connectivity index (χ0v) is 9.98. The van der Waals surface area contributed by atoms with Crippen molar-refractivity contribution in [2.75, 3.05) is 6.26 Å². The lowest BCUT2D eigenvalue weighted by Crippen LogP contribution is -2.06. The third kappa shape index (κ3) is 2.39. The second kappa shape index (κ2) is 5.08. The van der Waals surface area contributed by atoms with Crippen LogP contribution in [0.4, 0.5) is 0 Å². The van der Waals surface area contributed by atoms with Crippen molar-refractivity contribution in [1.82, 2.24) is 0 Å². The van der Waals surface area contributed by atoms with Crippen molar-refractivity contribution in [3.05, 3.63) is 71.8 Å². The van der Waals surface area contributed by atoms with Crippen molar-refractivity contribution < 1.29 is 4.21 Å². The summed E-state index contributed by atoms with van der Waals surface area (Å²) in [4.78, 5) is 0. The van der Waals surface area contributed by atoms with E-state index in [1.54, 1.807) is 6.26 Å². The van der Waals surface area contributed by atoms with Gasteiger partial charge in [0.05, 0.1) is 5.25 Å². The van der Waals surface area contributed by atoms with Gasteiger partial charge in [-0.3, -0.25) is 4.21 Å². The van der Waals surface area contributed by atoms with E-state index in [-0.39, 0.29) is 5.25 Å². The quantitative estimate of drug-likeness (QED) is 0.791. The van der Waals surface area contributed by atoms with Crippen LogP contribution < -0.4 is 0 Å². The minimum Gasteiger partial charge on any atom is -0.259 e. The van der Waals surface area contributed by atoms with Gasteiger partial charge in [0.2, 0.25) is 0 Å². The molecule has 0 aromatic heterocycles. The molecule has 82 valence electrons. The fourth-order valence-electron chi connectivity index (χ4n) is 1.83. The summed E-state index contributed by atoms with van der Waals surface area (Å²) in [5.41, 5.74) is 2.21. The molecule has 1 nitrogen and oxygen atoms in total. The maximum Gasteiger partial charge on any atom is 0.0843 e. The SMILES string of the molecule is C[S@](=O)C(c1ccccc1)c1ccccc1. The normalized spacial score (nSPS) is 12.6. The lowest BCUT2D eigenvalue weighted by molar-refractivity contribution is 0.682. The zero-order valence-electron chi connectivity index (χ0n) is 9.17. The van der Waals surface area contributed by atoms with Crippen LogP contribution in [-0.2, 0) is 10.8 Å². The van der Waals surface area contributed by atoms with Gasteiger partial charge in [-0.1, -0.05) is 60.7 Å². The molecule has 0 amide bonds. The summed E-state index contributed by atoms with van der Waals surface area (Å²) < 4.78 is 11.9. The van der Waals surface area contributed by atoms with Gasteiger partial charge in [-0.2, -0.15) is 0 Å². The summed E-state index contributed by atoms with van der Waals surface area (Å²) in [5.74, 6) is 0. The first-order valence-electron chi connectivity index (χ1n) is 5.21. The molecule has 2 heteroatoms. The smallest absolute Gasteiger partial charge is 0.0843 e. The molecule has 0 aliphatic heterocycles. The largest absolute Gasteiger partial charge is 0.259 e. The van der Waals surface area contributed by atoms with Crippen LogP contribution in [0, 0.1) is 0 Å². The molecule has 0 radical (unpaired) electrons. The summed E-state index contributed by atoms with van der Waals surface area (Å²) in [7, 11) is -0.905. The molecule has 2 aromatic rings. The number of hydrogen-bond donors (Lipinski definition) is 0. The van der Waals surface area contributed by atoms with Gasteiger partial charge in [-0.25, -0.2) is 0 Å². The fourth-order valence-corrected chi connectivity index (χ4v) is 2.91. The Kier molecular flexibility index (Phi) is 3.52. The summed E-state index contributed by atoms with van der Waals surface area (Å²) in [6.45, 7) is 0. The zero-order chi connectivity index (χ0) is 11.4. The third-order valence-electron chi connectivity index (χ3n) is 2.54. The number of benzene rings is 2. The van der Waals surface area contributed by atoms with Crippen molar-refractivity contribution in [1.29, 1.82) is 0 Å². The van der Waals surface area contributed by atoms with Gasteiger partial charge in [0, 0.05) is 17.1 Å². The summed E-state index contributed by atoms with van der Waals surface area (Å²) in [6.07, 6.45) is 1.75. The van der Waals surface area contributed by atoms with Crippen LogP contribution in [0.25, 0.3) is 0 Å². The van der Waals surface area contributed by atoms with E-state index in [9.17, 15) is 4.21 Å². The van der Waals surface area contributed by atoms with Gasteiger partial charge in [0.25, 0.3) is 0 Å². The van der Waals surface area contributed by atoms with Gasteiger partial charge < -0.3 is 0 Å². The van der Waals surface area contributed by atoms with Crippen molar-refractivity contribution in [3.8, 4) is 0 Å². The molecule has 0 saturated heterocycles. The lowest BCUT2D eigenvalue weighted by Gasteiger charge is -2.14. The Morgan fingerprint density at radius 1 is 0.812 bits per heavy atom. The predicted octanol–water partition coefficient (Wildman–Crippen LogP) is 3.15. The summed E-state index contributed by atoms with van der Waals surface area (Å²) >= 11 is 0. The highest BCUT2D eigenvalue weighted by Gasteiger charge is 2.16. The van der Waals surface area contributed by atoms with Gasteiger partial charge in [0.15, 0.2) is 0 Å². The third-order valence-corrected chi connectivity index (χ3v) is 3.74. The van der Waals surface area contributed by atoms with E-state index in [0.29, 0.717) is 0 Å². The Hall–Kier alpha value is -1.41. The minimum absolute atomic E-state index is 0.0256. The Labute approximate surface area is 98.6 Å². The molecule has 0 fully saturated rings. The number of rotatable bonds is 3. The Morgan fingerprint density at radius 2 is 1.19 bits per heavy atom. The molecule has 0 aliphatic rings. The van der Waals surface area contributed by atoms with E-state index < -0.39 is 10.8 Å². The first-order chi connectivity index (χ1) is 7.79. The molecule has 0 N–H and O–H groups in total. The topological polar surface area (TPSA) is 17.1 Å². The first kappa shape index (κ1) is 11.1. The highest BCUT2D eigenvalue weighted by molar-refractivity contribution is 7.84. The average Bonchev–Trinajstić information content (AvgIpc) is 2.31. The van der Waals surface area contributed by atoms with E-state index in [4.69, 9.17) is 0 Å². The summed E-state index contributed by atoms with van der Waals surface area (Å²) in [6, 6.07) is 20.0. The van der Waals surface area contributed by atoms with Crippen LogP contribution >= 0.6 is 0 Å². The van der Waals surface area contributed by atoms with Crippen LogP contribution in [0.5, 0.6) is 0 Å². The van der Waals surface area contributed by atoms with E-state index in [1.807, 2.05) is 60.7 Å². The molecule has 0 aliphatic carbocycles. The highest BCUT2D eigenvalue weighted by atomic mass is 32.2. The van der Waals surface area contributed by atoms with Gasteiger partial charge in [-0.15, -0.1) is 0 Å². The van der Waals surface area contributed by atoms with E-state index >= 15 is 0 Å². The van der Waals surface area contributed by atoms with Crippen LogP contribution in [0.2, 0.25) is 0 Å². The van der Waals surface area contributed by atoms with Crippen molar-refractivity contribution >= 4 is 10.8 Å². The van der Waals surface area contributed by atoms with E-state index in [0.717, 1.165) is 11.1 Å². The molecule has 2 rings (SSSR count). The molecular formula is C14H14OS. The molecule has 2 aromatic carbocycles. The van der Waals surface area contributed by atoms with Crippen LogP contribution in [0.3, 0.4) is 0 Å². The maximum absolute atomic E-state index is 11.9.